The van der Waals surface area contributed by atoms with E-state index < -0.39 is 28.4 Å². The fraction of sp³-hybridized carbons (Fsp3) is 0.167. The second-order valence-electron chi connectivity index (χ2n) is 5.43. The van der Waals surface area contributed by atoms with Crippen LogP contribution in [-0.4, -0.2) is 40.2 Å². The van der Waals surface area contributed by atoms with E-state index in [1.54, 1.807) is 30.3 Å². The van der Waals surface area contributed by atoms with E-state index in [1.165, 1.54) is 38.4 Å². The van der Waals surface area contributed by atoms with Crippen LogP contribution in [-0.2, 0) is 19.6 Å². The summed E-state index contributed by atoms with van der Waals surface area (Å²) in [5, 5.41) is 3.76. The lowest BCUT2D eigenvalue weighted by Gasteiger charge is -2.08. The molecule has 0 aliphatic carbocycles. The first-order valence-electron chi connectivity index (χ1n) is 8.05. The van der Waals surface area contributed by atoms with E-state index in [0.29, 0.717) is 11.3 Å². The highest BCUT2D eigenvalue weighted by Gasteiger charge is 2.14. The van der Waals surface area contributed by atoms with Gasteiger partial charge in [-0.1, -0.05) is 18.2 Å². The van der Waals surface area contributed by atoms with E-state index in [0.717, 1.165) is 0 Å². The van der Waals surface area contributed by atoms with Crippen LogP contribution in [0.2, 0.25) is 0 Å². The Morgan fingerprint density at radius 1 is 1.11 bits per heavy atom. The number of nitrogens with zero attached hydrogens (tertiary/aromatic N) is 1. The number of hydrazone groups is 1. The molecule has 2 rings (SSSR count). The molecule has 0 heterocycles. The Labute approximate surface area is 162 Å². The summed E-state index contributed by atoms with van der Waals surface area (Å²) in [6.07, 6.45) is 1.34. The topological polar surface area (TPSA) is 123 Å². The molecule has 1 amide bonds. The minimum absolute atomic E-state index is 0.0614. The Hall–Kier alpha value is -3.24. The van der Waals surface area contributed by atoms with Crippen LogP contribution >= 0.6 is 0 Å². The van der Waals surface area contributed by atoms with Crippen molar-refractivity contribution >= 4 is 28.1 Å². The number of sulfonamides is 1. The third-order valence-electron chi connectivity index (χ3n) is 3.32. The summed E-state index contributed by atoms with van der Waals surface area (Å²) >= 11 is 0. The van der Waals surface area contributed by atoms with Crippen molar-refractivity contribution in [3.05, 3.63) is 54.1 Å². The van der Waals surface area contributed by atoms with Gasteiger partial charge in [-0.3, -0.25) is 9.59 Å². The third-order valence-corrected chi connectivity index (χ3v) is 4.74. The summed E-state index contributed by atoms with van der Waals surface area (Å²) in [6, 6.07) is 12.4. The van der Waals surface area contributed by atoms with Gasteiger partial charge in [-0.05, 0) is 35.9 Å². The molecule has 148 valence electrons. The monoisotopic (exact) mass is 405 g/mol. The van der Waals surface area contributed by atoms with Gasteiger partial charge in [0.25, 0.3) is 5.91 Å². The standard InChI is InChI=1S/C18H19N3O6S/c1-13(22)27-16-9-8-14(10-17(16)26-2)11-19-21-18(23)12-20-28(24,25)15-6-4-3-5-7-15/h3-11,20H,12H2,1-2H3,(H,21,23)/b19-11-. The molecule has 0 spiro atoms. The first kappa shape index (κ1) is 21.1. The SMILES string of the molecule is COc1cc(/C=N\NC(=O)CNS(=O)(=O)c2ccccc2)ccc1OC(C)=O. The van der Waals surface area contributed by atoms with Crippen molar-refractivity contribution in [3.8, 4) is 11.5 Å². The smallest absolute Gasteiger partial charge is 0.308 e. The van der Waals surface area contributed by atoms with Gasteiger partial charge in [-0.15, -0.1) is 0 Å². The van der Waals surface area contributed by atoms with Gasteiger partial charge in [0, 0.05) is 6.92 Å². The number of ether oxygens (including phenoxy) is 2. The fourth-order valence-electron chi connectivity index (χ4n) is 2.07. The maximum atomic E-state index is 12.0. The summed E-state index contributed by atoms with van der Waals surface area (Å²) < 4.78 is 36.4. The number of carbonyl (C=O) groups is 2. The molecular weight excluding hydrogens is 386 g/mol. The van der Waals surface area contributed by atoms with Crippen LogP contribution in [0.25, 0.3) is 0 Å². The molecule has 28 heavy (non-hydrogen) atoms. The van der Waals surface area contributed by atoms with E-state index >= 15 is 0 Å². The summed E-state index contributed by atoms with van der Waals surface area (Å²) in [5.74, 6) is -0.545. The van der Waals surface area contributed by atoms with Crippen LogP contribution in [0, 0.1) is 0 Å². The Morgan fingerprint density at radius 3 is 2.46 bits per heavy atom. The van der Waals surface area contributed by atoms with E-state index in [-0.39, 0.29) is 10.6 Å². The predicted octanol–water partition coefficient (Wildman–Crippen LogP) is 1.05. The van der Waals surface area contributed by atoms with Crippen molar-refractivity contribution in [2.45, 2.75) is 11.8 Å². The normalized spacial score (nSPS) is 11.2. The Kier molecular flexibility index (Phi) is 7.24. The van der Waals surface area contributed by atoms with E-state index in [9.17, 15) is 18.0 Å². The second-order valence-corrected chi connectivity index (χ2v) is 7.20. The largest absolute Gasteiger partial charge is 0.493 e. The molecule has 10 heteroatoms. The first-order valence-corrected chi connectivity index (χ1v) is 9.53. The van der Waals surface area contributed by atoms with Crippen molar-refractivity contribution in [1.29, 1.82) is 0 Å². The van der Waals surface area contributed by atoms with Crippen LogP contribution < -0.4 is 19.6 Å². The highest BCUT2D eigenvalue weighted by molar-refractivity contribution is 7.89. The number of amides is 1. The zero-order valence-electron chi connectivity index (χ0n) is 15.2. The molecule has 0 radical (unpaired) electrons. The van der Waals surface area contributed by atoms with Gasteiger partial charge < -0.3 is 9.47 Å². The molecule has 2 aromatic rings. The van der Waals surface area contributed by atoms with E-state index in [1.807, 2.05) is 0 Å². The number of carbonyl (C=O) groups excluding carboxylic acids is 2. The average Bonchev–Trinajstić information content (AvgIpc) is 2.68. The number of hydrogen-bond donors (Lipinski definition) is 2. The number of esters is 1. The molecule has 0 unspecified atom stereocenters. The molecule has 0 bridgehead atoms. The summed E-state index contributed by atoms with van der Waals surface area (Å²) in [5.41, 5.74) is 2.78. The molecule has 0 aliphatic heterocycles. The second kappa shape index (κ2) is 9.62. The lowest BCUT2D eigenvalue weighted by atomic mass is 10.2. The predicted molar refractivity (Wildman–Crippen MR) is 102 cm³/mol. The Balaban J connectivity index is 1.92. The minimum Gasteiger partial charge on any atom is -0.493 e. The first-order chi connectivity index (χ1) is 13.3. The average molecular weight is 405 g/mol. The summed E-state index contributed by atoms with van der Waals surface area (Å²) in [4.78, 5) is 22.9. The van der Waals surface area contributed by atoms with Crippen LogP contribution in [0.15, 0.2) is 58.5 Å². The van der Waals surface area contributed by atoms with Crippen molar-refractivity contribution in [3.63, 3.8) is 0 Å². The fourth-order valence-corrected chi connectivity index (χ4v) is 3.07. The van der Waals surface area contributed by atoms with Crippen LogP contribution in [0.5, 0.6) is 11.5 Å². The van der Waals surface area contributed by atoms with Gasteiger partial charge in [-0.25, -0.2) is 18.6 Å². The lowest BCUT2D eigenvalue weighted by Crippen LogP contribution is -2.34. The van der Waals surface area contributed by atoms with Crippen molar-refractivity contribution in [2.24, 2.45) is 5.10 Å². The zero-order valence-corrected chi connectivity index (χ0v) is 16.0. The molecule has 9 nitrogen and oxygen atoms in total. The molecule has 0 saturated carbocycles. The minimum atomic E-state index is -3.78. The van der Waals surface area contributed by atoms with Gasteiger partial charge in [0.2, 0.25) is 10.0 Å². The maximum Gasteiger partial charge on any atom is 0.308 e. The lowest BCUT2D eigenvalue weighted by molar-refractivity contribution is -0.132. The van der Waals surface area contributed by atoms with Gasteiger partial charge >= 0.3 is 5.97 Å². The number of nitrogens with one attached hydrogen (secondary N) is 2. The highest BCUT2D eigenvalue weighted by atomic mass is 32.2. The molecule has 2 aromatic carbocycles. The molecule has 0 fully saturated rings. The number of methoxy groups -OCH3 is 1. The van der Waals surface area contributed by atoms with Gasteiger partial charge in [0.05, 0.1) is 24.8 Å². The van der Waals surface area contributed by atoms with E-state index in [2.05, 4.69) is 15.2 Å². The van der Waals surface area contributed by atoms with Gasteiger partial charge in [0.1, 0.15) is 0 Å². The van der Waals surface area contributed by atoms with Crippen LogP contribution in [0.4, 0.5) is 0 Å². The van der Waals surface area contributed by atoms with E-state index in [4.69, 9.17) is 9.47 Å². The quantitative estimate of drug-likeness (QED) is 0.293. The summed E-state index contributed by atoms with van der Waals surface area (Å²) in [7, 11) is -2.36. The maximum absolute atomic E-state index is 12.0. The highest BCUT2D eigenvalue weighted by Crippen LogP contribution is 2.27. The molecule has 0 aromatic heterocycles. The van der Waals surface area contributed by atoms with Crippen LogP contribution in [0.3, 0.4) is 0 Å². The summed E-state index contributed by atoms with van der Waals surface area (Å²) in [6.45, 7) is 0.805. The van der Waals surface area contributed by atoms with Crippen LogP contribution in [0.1, 0.15) is 12.5 Å². The molecule has 2 N–H and O–H groups in total. The Morgan fingerprint density at radius 2 is 1.82 bits per heavy atom. The number of rotatable bonds is 8. The molecule has 0 atom stereocenters. The molecule has 0 saturated heterocycles. The third kappa shape index (κ3) is 6.18. The molecular formula is C18H19N3O6S. The van der Waals surface area contributed by atoms with Gasteiger partial charge in [0.15, 0.2) is 11.5 Å². The molecule has 0 aliphatic rings. The van der Waals surface area contributed by atoms with Crippen molar-refractivity contribution in [1.82, 2.24) is 10.1 Å². The van der Waals surface area contributed by atoms with Crippen molar-refractivity contribution < 1.29 is 27.5 Å². The Bertz CT molecular complexity index is 974. The zero-order chi connectivity index (χ0) is 20.6. The van der Waals surface area contributed by atoms with Gasteiger partial charge in [-0.2, -0.15) is 5.10 Å². The number of benzene rings is 2. The van der Waals surface area contributed by atoms with Crippen molar-refractivity contribution in [2.75, 3.05) is 13.7 Å². The number of hydrogen-bond acceptors (Lipinski definition) is 7.